The fraction of sp³-hybridized carbons (Fsp3) is 0.333. The number of carbonyl (C=O) groups is 1. The van der Waals surface area contributed by atoms with Gasteiger partial charge in [0, 0.05) is 6.54 Å². The highest BCUT2D eigenvalue weighted by molar-refractivity contribution is 9.10. The zero-order valence-electron chi connectivity index (χ0n) is 9.92. The summed E-state index contributed by atoms with van der Waals surface area (Å²) < 4.78 is 13.9. The van der Waals surface area contributed by atoms with Crippen LogP contribution in [0.25, 0.3) is 0 Å². The number of nitriles is 1. The van der Waals surface area contributed by atoms with Crippen LogP contribution in [0.3, 0.4) is 0 Å². The zero-order chi connectivity index (χ0) is 13.9. The third-order valence-electron chi connectivity index (χ3n) is 2.50. The Morgan fingerprint density at radius 3 is 2.72 bits per heavy atom. The average molecular weight is 315 g/mol. The molecule has 0 fully saturated rings. The molecule has 0 saturated heterocycles. The Morgan fingerprint density at radius 1 is 1.61 bits per heavy atom. The molecule has 0 radical (unpaired) electrons. The van der Waals surface area contributed by atoms with Gasteiger partial charge in [0.25, 0.3) is 0 Å². The third-order valence-corrected chi connectivity index (χ3v) is 3.28. The molecule has 0 amide bonds. The Bertz CT molecular complexity index is 524. The maximum Gasteiger partial charge on any atom is 0.310 e. The number of nitrogens with one attached hydrogen (secondary N) is 1. The monoisotopic (exact) mass is 314 g/mol. The zero-order valence-corrected chi connectivity index (χ0v) is 11.5. The number of carboxylic acids is 1. The van der Waals surface area contributed by atoms with E-state index in [1.54, 1.807) is 13.8 Å². The van der Waals surface area contributed by atoms with Gasteiger partial charge in [-0.15, -0.1) is 0 Å². The molecule has 0 aliphatic carbocycles. The van der Waals surface area contributed by atoms with Crippen LogP contribution in [0.1, 0.15) is 19.4 Å². The van der Waals surface area contributed by atoms with Crippen LogP contribution in [0.4, 0.5) is 10.1 Å². The summed E-state index contributed by atoms with van der Waals surface area (Å²) in [6.45, 7) is 3.16. The molecule has 4 nitrogen and oxygen atoms in total. The Labute approximate surface area is 113 Å². The van der Waals surface area contributed by atoms with Gasteiger partial charge in [-0.25, -0.2) is 4.39 Å². The van der Waals surface area contributed by atoms with Crippen LogP contribution in [0.2, 0.25) is 0 Å². The summed E-state index contributed by atoms with van der Waals surface area (Å²) >= 11 is 2.99. The minimum Gasteiger partial charge on any atom is -0.481 e. The predicted molar refractivity (Wildman–Crippen MR) is 68.7 cm³/mol. The molecule has 0 spiro atoms. The molecule has 0 aliphatic heterocycles. The molecule has 18 heavy (non-hydrogen) atoms. The van der Waals surface area contributed by atoms with E-state index < -0.39 is 17.2 Å². The number of anilines is 1. The van der Waals surface area contributed by atoms with Gasteiger partial charge < -0.3 is 10.4 Å². The molecule has 2 N–H and O–H groups in total. The van der Waals surface area contributed by atoms with Crippen molar-refractivity contribution in [1.82, 2.24) is 0 Å². The molecule has 1 aromatic rings. The van der Waals surface area contributed by atoms with Crippen LogP contribution >= 0.6 is 15.9 Å². The summed E-state index contributed by atoms with van der Waals surface area (Å²) in [5.74, 6) is -1.57. The lowest BCUT2D eigenvalue weighted by Crippen LogP contribution is -2.32. The van der Waals surface area contributed by atoms with Crippen LogP contribution in [-0.4, -0.2) is 17.6 Å². The van der Waals surface area contributed by atoms with E-state index in [1.807, 2.05) is 6.07 Å². The van der Waals surface area contributed by atoms with Crippen molar-refractivity contribution in [2.24, 2.45) is 5.41 Å². The lowest BCUT2D eigenvalue weighted by molar-refractivity contribution is -0.146. The molecule has 0 aromatic heterocycles. The summed E-state index contributed by atoms with van der Waals surface area (Å²) in [7, 11) is 0. The first-order valence-electron chi connectivity index (χ1n) is 5.15. The minimum absolute atomic E-state index is 0.0723. The van der Waals surface area contributed by atoms with E-state index in [1.165, 1.54) is 12.1 Å². The number of hydrogen-bond donors (Lipinski definition) is 2. The minimum atomic E-state index is -1.01. The Balaban J connectivity index is 2.92. The Hall–Kier alpha value is -1.61. The smallest absolute Gasteiger partial charge is 0.310 e. The highest BCUT2D eigenvalue weighted by Gasteiger charge is 2.27. The van der Waals surface area contributed by atoms with E-state index >= 15 is 0 Å². The van der Waals surface area contributed by atoms with E-state index in [-0.39, 0.29) is 22.3 Å². The van der Waals surface area contributed by atoms with Crippen LogP contribution in [0.5, 0.6) is 0 Å². The first-order valence-corrected chi connectivity index (χ1v) is 5.94. The van der Waals surface area contributed by atoms with Crippen molar-refractivity contribution in [2.75, 3.05) is 11.9 Å². The van der Waals surface area contributed by atoms with Gasteiger partial charge in [-0.1, -0.05) is 0 Å². The lowest BCUT2D eigenvalue weighted by Gasteiger charge is -2.20. The lowest BCUT2D eigenvalue weighted by atomic mass is 9.94. The number of aliphatic carboxylic acids is 1. The second kappa shape index (κ2) is 5.36. The van der Waals surface area contributed by atoms with Crippen molar-refractivity contribution < 1.29 is 14.3 Å². The molecule has 0 atom stereocenters. The van der Waals surface area contributed by atoms with Crippen molar-refractivity contribution in [3.05, 3.63) is 28.0 Å². The summed E-state index contributed by atoms with van der Waals surface area (Å²) in [5.41, 5.74) is -0.655. The average Bonchev–Trinajstić information content (AvgIpc) is 2.31. The molecule has 6 heteroatoms. The number of carboxylic acid groups (broad SMARTS) is 1. The molecular formula is C12H12BrFN2O2. The number of nitrogens with zero attached hydrogens (tertiary/aromatic N) is 1. The van der Waals surface area contributed by atoms with Crippen molar-refractivity contribution >= 4 is 27.6 Å². The van der Waals surface area contributed by atoms with E-state index in [2.05, 4.69) is 21.2 Å². The maximum atomic E-state index is 13.8. The highest BCUT2D eigenvalue weighted by Crippen LogP contribution is 2.27. The Morgan fingerprint density at radius 2 is 2.22 bits per heavy atom. The second-order valence-electron chi connectivity index (χ2n) is 4.44. The SMILES string of the molecule is CC(C)(CNc1ccc(C#N)c(Br)c1F)C(=O)O. The number of benzene rings is 1. The summed E-state index contributed by atoms with van der Waals surface area (Å²) in [4.78, 5) is 10.9. The van der Waals surface area contributed by atoms with Crippen molar-refractivity contribution in [1.29, 1.82) is 5.26 Å². The van der Waals surface area contributed by atoms with Crippen LogP contribution in [0.15, 0.2) is 16.6 Å². The molecule has 0 aliphatic rings. The maximum absolute atomic E-state index is 13.8. The summed E-state index contributed by atoms with van der Waals surface area (Å²) in [6.07, 6.45) is 0. The molecule has 0 unspecified atom stereocenters. The van der Waals surface area contributed by atoms with E-state index in [4.69, 9.17) is 10.4 Å². The fourth-order valence-electron chi connectivity index (χ4n) is 1.16. The molecule has 0 bridgehead atoms. The van der Waals surface area contributed by atoms with Gasteiger partial charge in [0.05, 0.1) is 21.1 Å². The van der Waals surface area contributed by atoms with Gasteiger partial charge in [0.2, 0.25) is 0 Å². The van der Waals surface area contributed by atoms with Crippen molar-refractivity contribution in [3.63, 3.8) is 0 Å². The van der Waals surface area contributed by atoms with Gasteiger partial charge >= 0.3 is 5.97 Å². The van der Waals surface area contributed by atoms with E-state index in [0.717, 1.165) is 0 Å². The van der Waals surface area contributed by atoms with Crippen molar-refractivity contribution in [2.45, 2.75) is 13.8 Å². The molecule has 96 valence electrons. The van der Waals surface area contributed by atoms with Gasteiger partial charge in [-0.3, -0.25) is 4.79 Å². The van der Waals surface area contributed by atoms with E-state index in [9.17, 15) is 9.18 Å². The van der Waals surface area contributed by atoms with Gasteiger partial charge in [-0.05, 0) is 41.9 Å². The highest BCUT2D eigenvalue weighted by atomic mass is 79.9. The third kappa shape index (κ3) is 2.99. The van der Waals surface area contributed by atoms with Crippen LogP contribution in [0, 0.1) is 22.6 Å². The number of hydrogen-bond acceptors (Lipinski definition) is 3. The molecule has 1 aromatic carbocycles. The molecule has 0 heterocycles. The Kier molecular flexibility index (Phi) is 4.30. The molecule has 1 rings (SSSR count). The van der Waals surface area contributed by atoms with Crippen molar-refractivity contribution in [3.8, 4) is 6.07 Å². The van der Waals surface area contributed by atoms with Crippen LogP contribution < -0.4 is 5.32 Å². The first kappa shape index (κ1) is 14.5. The summed E-state index contributed by atoms with van der Waals surface area (Å²) in [5, 5.41) is 20.4. The summed E-state index contributed by atoms with van der Waals surface area (Å²) in [6, 6.07) is 4.72. The van der Waals surface area contributed by atoms with Gasteiger partial charge in [0.15, 0.2) is 5.82 Å². The van der Waals surface area contributed by atoms with E-state index in [0.29, 0.717) is 0 Å². The number of halogens is 2. The predicted octanol–water partition coefficient (Wildman–Crippen LogP) is 2.98. The fourth-order valence-corrected chi connectivity index (χ4v) is 1.60. The largest absolute Gasteiger partial charge is 0.481 e. The van der Waals surface area contributed by atoms with Crippen LogP contribution in [-0.2, 0) is 4.79 Å². The molecule has 0 saturated carbocycles. The molecular weight excluding hydrogens is 303 g/mol. The quantitative estimate of drug-likeness (QED) is 0.896. The standard InChI is InChI=1S/C12H12BrFN2O2/c1-12(2,11(17)18)6-16-8-4-3-7(5-15)9(13)10(8)14/h3-4,16H,6H2,1-2H3,(H,17,18). The number of rotatable bonds is 4. The topological polar surface area (TPSA) is 73.1 Å². The van der Waals surface area contributed by atoms with Gasteiger partial charge in [0.1, 0.15) is 6.07 Å². The van der Waals surface area contributed by atoms with Gasteiger partial charge in [-0.2, -0.15) is 5.26 Å². The second-order valence-corrected chi connectivity index (χ2v) is 5.24. The normalized spacial score (nSPS) is 10.8. The first-order chi connectivity index (χ1) is 8.29.